The topological polar surface area (TPSA) is 77.1 Å². The van der Waals surface area contributed by atoms with Crippen LogP contribution < -0.4 is 5.32 Å². The minimum atomic E-state index is -0.958. The molecule has 34 heavy (non-hydrogen) atoms. The Balaban J connectivity index is 1.68. The number of carbonyl (C=O) groups excluding carboxylic acids is 2. The molecule has 0 bridgehead atoms. The molecule has 2 aliphatic carbocycles. The van der Waals surface area contributed by atoms with Gasteiger partial charge < -0.3 is 19.6 Å². The minimum absolute atomic E-state index is 0.0970. The molecule has 2 aliphatic rings. The van der Waals surface area contributed by atoms with Crippen LogP contribution in [0, 0.1) is 0 Å². The molecule has 1 aromatic carbocycles. The van der Waals surface area contributed by atoms with E-state index in [9.17, 15) is 9.59 Å². The van der Waals surface area contributed by atoms with E-state index >= 15 is 0 Å². The summed E-state index contributed by atoms with van der Waals surface area (Å²) in [6.07, 6.45) is 9.95. The Morgan fingerprint density at radius 1 is 0.912 bits per heavy atom. The lowest BCUT2D eigenvalue weighted by Gasteiger charge is -2.40. The quantitative estimate of drug-likeness (QED) is 0.450. The zero-order valence-corrected chi connectivity index (χ0v) is 21.0. The van der Waals surface area contributed by atoms with Gasteiger partial charge in [-0.15, -0.1) is 5.06 Å². The second-order valence-corrected chi connectivity index (χ2v) is 9.93. The first kappa shape index (κ1) is 26.5. The van der Waals surface area contributed by atoms with Gasteiger partial charge in [0.2, 0.25) is 0 Å². The molecular weight excluding hydrogens is 432 g/mol. The van der Waals surface area contributed by atoms with Crippen molar-refractivity contribution in [3.05, 3.63) is 35.9 Å². The molecule has 7 heteroatoms. The summed E-state index contributed by atoms with van der Waals surface area (Å²) in [5.41, 5.74) is 0.879. The van der Waals surface area contributed by atoms with Crippen molar-refractivity contribution in [3.63, 3.8) is 0 Å². The molecule has 190 valence electrons. The fraction of sp³-hybridized carbons (Fsp3) is 0.704. The van der Waals surface area contributed by atoms with Gasteiger partial charge in [0.1, 0.15) is 6.61 Å². The molecule has 0 saturated heterocycles. The van der Waals surface area contributed by atoms with Crippen LogP contribution >= 0.6 is 0 Å². The van der Waals surface area contributed by atoms with Crippen LogP contribution in [0.25, 0.3) is 0 Å². The molecule has 1 N–H and O–H groups in total. The molecule has 2 saturated carbocycles. The number of hydrogen-bond donors (Lipinski definition) is 1. The van der Waals surface area contributed by atoms with Crippen molar-refractivity contribution >= 4 is 12.1 Å². The third-order valence-corrected chi connectivity index (χ3v) is 6.76. The van der Waals surface area contributed by atoms with E-state index in [-0.39, 0.29) is 24.8 Å². The van der Waals surface area contributed by atoms with Gasteiger partial charge in [-0.1, -0.05) is 68.9 Å². The Labute approximate surface area is 204 Å². The van der Waals surface area contributed by atoms with Crippen molar-refractivity contribution in [1.29, 1.82) is 0 Å². The number of ether oxygens (including phenoxy) is 2. The summed E-state index contributed by atoms with van der Waals surface area (Å²) in [6.45, 7) is 5.73. The Morgan fingerprint density at radius 2 is 1.47 bits per heavy atom. The van der Waals surface area contributed by atoms with Crippen LogP contribution in [0.15, 0.2) is 30.3 Å². The Hall–Kier alpha value is -2.12. The maximum Gasteiger partial charge on any atom is 0.408 e. The van der Waals surface area contributed by atoms with Crippen molar-refractivity contribution in [1.82, 2.24) is 10.4 Å². The van der Waals surface area contributed by atoms with Gasteiger partial charge in [0.05, 0.1) is 12.2 Å². The van der Waals surface area contributed by atoms with Gasteiger partial charge >= 0.3 is 12.1 Å². The average molecular weight is 475 g/mol. The lowest BCUT2D eigenvalue weighted by Crippen LogP contribution is -2.54. The standard InChI is InChI=1S/C27H42N2O5/c1-20(2)33-21(3)25(28-27(31)32-19-22-13-7-4-8-14-22)26(30)34-29(23-15-9-5-10-16-23)24-17-11-6-12-18-24/h4,7-8,13-14,20-21,23-25H,5-6,9-12,15-19H2,1-3H3,(H,28,31)/t21-,25+/m1/s1. The van der Waals surface area contributed by atoms with Gasteiger partial charge in [0, 0.05) is 12.1 Å². The SMILES string of the molecule is CC(C)O[C@H](C)[C@H](NC(=O)OCc1ccccc1)C(=O)ON(C1CCCCC1)C1CCCCC1. The Morgan fingerprint density at radius 3 is 2.00 bits per heavy atom. The molecule has 1 amide bonds. The average Bonchev–Trinajstić information content (AvgIpc) is 2.85. The van der Waals surface area contributed by atoms with E-state index in [1.165, 1.54) is 12.8 Å². The first-order valence-electron chi connectivity index (χ1n) is 13.1. The fourth-order valence-corrected chi connectivity index (χ4v) is 5.05. The number of hydroxylamine groups is 2. The maximum absolute atomic E-state index is 13.5. The van der Waals surface area contributed by atoms with Crippen LogP contribution in [0.2, 0.25) is 0 Å². The van der Waals surface area contributed by atoms with Crippen LogP contribution in [0.1, 0.15) is 90.5 Å². The second-order valence-electron chi connectivity index (χ2n) is 9.93. The van der Waals surface area contributed by atoms with Gasteiger partial charge in [-0.2, -0.15) is 0 Å². The number of hydrogen-bond acceptors (Lipinski definition) is 6. The Bertz CT molecular complexity index is 727. The maximum atomic E-state index is 13.5. The van der Waals surface area contributed by atoms with E-state index < -0.39 is 24.2 Å². The van der Waals surface area contributed by atoms with Crippen LogP contribution in [0.4, 0.5) is 4.79 Å². The fourth-order valence-electron chi connectivity index (χ4n) is 5.05. The number of nitrogens with one attached hydrogen (secondary N) is 1. The van der Waals surface area contributed by atoms with Crippen LogP contribution in [0.5, 0.6) is 0 Å². The lowest BCUT2D eigenvalue weighted by molar-refractivity contribution is -0.227. The Kier molecular flexibility index (Phi) is 10.7. The molecule has 2 fully saturated rings. The second kappa shape index (κ2) is 13.7. The summed E-state index contributed by atoms with van der Waals surface area (Å²) in [6, 6.07) is 8.98. The van der Waals surface area contributed by atoms with Gasteiger partial charge in [0.15, 0.2) is 6.04 Å². The molecule has 1 aromatic rings. The molecule has 0 aromatic heterocycles. The number of alkyl carbamates (subject to hydrolysis) is 1. The normalized spacial score (nSPS) is 19.6. The summed E-state index contributed by atoms with van der Waals surface area (Å²) >= 11 is 0. The highest BCUT2D eigenvalue weighted by molar-refractivity contribution is 5.81. The van der Waals surface area contributed by atoms with Crippen LogP contribution in [0.3, 0.4) is 0 Å². The van der Waals surface area contributed by atoms with E-state index in [1.54, 1.807) is 6.92 Å². The number of carbonyl (C=O) groups is 2. The molecule has 0 spiro atoms. The lowest BCUT2D eigenvalue weighted by atomic mass is 9.90. The summed E-state index contributed by atoms with van der Waals surface area (Å²) in [4.78, 5) is 32.2. The molecular formula is C27H42N2O5. The minimum Gasteiger partial charge on any atom is -0.445 e. The first-order chi connectivity index (χ1) is 16.4. The number of benzene rings is 1. The van der Waals surface area contributed by atoms with Gasteiger partial charge in [0.25, 0.3) is 0 Å². The summed E-state index contributed by atoms with van der Waals surface area (Å²) in [7, 11) is 0. The molecule has 0 heterocycles. The van der Waals surface area contributed by atoms with Crippen molar-refractivity contribution in [2.24, 2.45) is 0 Å². The van der Waals surface area contributed by atoms with Crippen LogP contribution in [-0.4, -0.2) is 47.5 Å². The van der Waals surface area contributed by atoms with E-state index in [2.05, 4.69) is 5.32 Å². The number of rotatable bonds is 10. The summed E-state index contributed by atoms with van der Waals surface area (Å²) in [5, 5.41) is 4.69. The zero-order chi connectivity index (χ0) is 24.3. The number of amides is 1. The number of nitrogens with zero attached hydrogens (tertiary/aromatic N) is 1. The molecule has 0 aliphatic heterocycles. The molecule has 2 atom stereocenters. The molecule has 3 rings (SSSR count). The zero-order valence-electron chi connectivity index (χ0n) is 21.0. The largest absolute Gasteiger partial charge is 0.445 e. The third kappa shape index (κ3) is 8.27. The van der Waals surface area contributed by atoms with E-state index in [1.807, 2.05) is 49.2 Å². The highest BCUT2D eigenvalue weighted by atomic mass is 16.7. The van der Waals surface area contributed by atoms with Crippen molar-refractivity contribution in [2.75, 3.05) is 0 Å². The van der Waals surface area contributed by atoms with Gasteiger partial charge in [-0.3, -0.25) is 0 Å². The van der Waals surface area contributed by atoms with Crippen molar-refractivity contribution in [3.8, 4) is 0 Å². The highest BCUT2D eigenvalue weighted by Gasteiger charge is 2.37. The monoisotopic (exact) mass is 474 g/mol. The van der Waals surface area contributed by atoms with Gasteiger partial charge in [-0.05, 0) is 52.0 Å². The summed E-state index contributed by atoms with van der Waals surface area (Å²) < 4.78 is 11.3. The van der Waals surface area contributed by atoms with Gasteiger partial charge in [-0.25, -0.2) is 9.59 Å². The molecule has 0 radical (unpaired) electrons. The summed E-state index contributed by atoms with van der Waals surface area (Å²) in [5.74, 6) is -0.485. The van der Waals surface area contributed by atoms with E-state index in [0.29, 0.717) is 0 Å². The van der Waals surface area contributed by atoms with Crippen molar-refractivity contribution < 1.29 is 23.9 Å². The predicted octanol–water partition coefficient (Wildman–Crippen LogP) is 5.52. The van der Waals surface area contributed by atoms with E-state index in [0.717, 1.165) is 56.9 Å². The smallest absolute Gasteiger partial charge is 0.408 e. The third-order valence-electron chi connectivity index (χ3n) is 6.76. The van der Waals surface area contributed by atoms with Crippen molar-refractivity contribution in [2.45, 2.75) is 122 Å². The predicted molar refractivity (Wildman–Crippen MR) is 131 cm³/mol. The van der Waals surface area contributed by atoms with E-state index in [4.69, 9.17) is 14.3 Å². The first-order valence-corrected chi connectivity index (χ1v) is 13.1. The van der Waals surface area contributed by atoms with Crippen LogP contribution in [-0.2, 0) is 25.7 Å². The molecule has 7 nitrogen and oxygen atoms in total. The molecule has 0 unspecified atom stereocenters. The highest BCUT2D eigenvalue weighted by Crippen LogP contribution is 2.30.